The van der Waals surface area contributed by atoms with Crippen molar-refractivity contribution >= 4 is 5.78 Å². The first kappa shape index (κ1) is 13.7. The SMILES string of the molecule is COc1cc(C)c(C)cc1C(=O)CC(C)(C)N. The predicted octanol–water partition coefficient (Wildman–Crippen LogP) is 2.62. The van der Waals surface area contributed by atoms with E-state index in [1.807, 2.05) is 39.8 Å². The first-order valence-corrected chi connectivity index (χ1v) is 5.72. The summed E-state index contributed by atoms with van der Waals surface area (Å²) in [5.74, 6) is 0.653. The van der Waals surface area contributed by atoms with Crippen LogP contribution in [0.15, 0.2) is 12.1 Å². The van der Waals surface area contributed by atoms with Crippen LogP contribution < -0.4 is 10.5 Å². The molecule has 0 amide bonds. The van der Waals surface area contributed by atoms with Crippen molar-refractivity contribution in [1.82, 2.24) is 0 Å². The van der Waals surface area contributed by atoms with Crippen molar-refractivity contribution in [3.63, 3.8) is 0 Å². The van der Waals surface area contributed by atoms with E-state index in [1.165, 1.54) is 0 Å². The van der Waals surface area contributed by atoms with Gasteiger partial charge in [-0.3, -0.25) is 4.79 Å². The van der Waals surface area contributed by atoms with Crippen LogP contribution >= 0.6 is 0 Å². The van der Waals surface area contributed by atoms with Gasteiger partial charge in [-0.05, 0) is 51.0 Å². The maximum Gasteiger partial charge on any atom is 0.168 e. The molecule has 0 saturated heterocycles. The van der Waals surface area contributed by atoms with Crippen LogP contribution in [-0.4, -0.2) is 18.4 Å². The van der Waals surface area contributed by atoms with Gasteiger partial charge in [-0.15, -0.1) is 0 Å². The van der Waals surface area contributed by atoms with E-state index in [0.29, 0.717) is 17.7 Å². The molecule has 2 N–H and O–H groups in total. The average molecular weight is 235 g/mol. The van der Waals surface area contributed by atoms with E-state index < -0.39 is 5.54 Å². The van der Waals surface area contributed by atoms with Gasteiger partial charge in [-0.25, -0.2) is 0 Å². The van der Waals surface area contributed by atoms with E-state index in [4.69, 9.17) is 10.5 Å². The summed E-state index contributed by atoms with van der Waals surface area (Å²) in [6.45, 7) is 7.68. The lowest BCUT2D eigenvalue weighted by atomic mass is 9.93. The third-order valence-electron chi connectivity index (χ3n) is 2.73. The van der Waals surface area contributed by atoms with E-state index in [0.717, 1.165) is 11.1 Å². The van der Waals surface area contributed by atoms with E-state index >= 15 is 0 Å². The summed E-state index contributed by atoms with van der Waals surface area (Å²) in [6.07, 6.45) is 0.311. The zero-order valence-corrected chi connectivity index (χ0v) is 11.3. The minimum absolute atomic E-state index is 0.0254. The number of hydrogen-bond donors (Lipinski definition) is 1. The molecule has 3 heteroatoms. The fraction of sp³-hybridized carbons (Fsp3) is 0.500. The lowest BCUT2D eigenvalue weighted by molar-refractivity contribution is 0.0957. The van der Waals surface area contributed by atoms with Crippen molar-refractivity contribution in [2.45, 2.75) is 39.7 Å². The monoisotopic (exact) mass is 235 g/mol. The molecule has 94 valence electrons. The highest BCUT2D eigenvalue weighted by Gasteiger charge is 2.21. The maximum absolute atomic E-state index is 12.1. The Morgan fingerprint density at radius 1 is 1.29 bits per heavy atom. The van der Waals surface area contributed by atoms with Crippen molar-refractivity contribution < 1.29 is 9.53 Å². The van der Waals surface area contributed by atoms with E-state index in [1.54, 1.807) is 7.11 Å². The maximum atomic E-state index is 12.1. The zero-order chi connectivity index (χ0) is 13.2. The summed E-state index contributed by atoms with van der Waals surface area (Å²) in [6, 6.07) is 3.77. The van der Waals surface area contributed by atoms with Gasteiger partial charge in [0.2, 0.25) is 0 Å². The molecule has 0 spiro atoms. The molecule has 0 aliphatic heterocycles. The number of Topliss-reactive ketones (excluding diaryl/α,β-unsaturated/α-hetero) is 1. The van der Waals surface area contributed by atoms with Crippen LogP contribution in [0.1, 0.15) is 41.8 Å². The Hall–Kier alpha value is -1.35. The van der Waals surface area contributed by atoms with Crippen molar-refractivity contribution in [1.29, 1.82) is 0 Å². The number of nitrogens with two attached hydrogens (primary N) is 1. The molecule has 0 atom stereocenters. The van der Waals surface area contributed by atoms with E-state index in [9.17, 15) is 4.79 Å². The van der Waals surface area contributed by atoms with Gasteiger partial charge in [0.25, 0.3) is 0 Å². The Kier molecular flexibility index (Phi) is 3.94. The summed E-state index contributed by atoms with van der Waals surface area (Å²) in [5, 5.41) is 0. The number of hydrogen-bond acceptors (Lipinski definition) is 3. The Morgan fingerprint density at radius 2 is 1.82 bits per heavy atom. The van der Waals surface area contributed by atoms with Crippen LogP contribution in [0.4, 0.5) is 0 Å². The zero-order valence-electron chi connectivity index (χ0n) is 11.3. The quantitative estimate of drug-likeness (QED) is 0.816. The molecular formula is C14H21NO2. The summed E-state index contributed by atoms with van der Waals surface area (Å²) in [7, 11) is 1.58. The van der Waals surface area contributed by atoms with Crippen molar-refractivity contribution in [3.05, 3.63) is 28.8 Å². The molecule has 0 aliphatic carbocycles. The summed E-state index contributed by atoms with van der Waals surface area (Å²) in [5.41, 5.74) is 8.20. The second-order valence-electron chi connectivity index (χ2n) is 5.23. The molecular weight excluding hydrogens is 214 g/mol. The smallest absolute Gasteiger partial charge is 0.168 e. The first-order chi connectivity index (χ1) is 7.74. The molecule has 1 aromatic rings. The molecule has 3 nitrogen and oxygen atoms in total. The van der Waals surface area contributed by atoms with Gasteiger partial charge in [-0.1, -0.05) is 0 Å². The van der Waals surface area contributed by atoms with Crippen molar-refractivity contribution in [2.75, 3.05) is 7.11 Å². The van der Waals surface area contributed by atoms with Crippen LogP contribution in [0.5, 0.6) is 5.75 Å². The number of ketones is 1. The topological polar surface area (TPSA) is 52.3 Å². The Labute approximate surface area is 103 Å². The Morgan fingerprint density at radius 3 is 2.29 bits per heavy atom. The van der Waals surface area contributed by atoms with Crippen molar-refractivity contribution in [2.24, 2.45) is 5.73 Å². The second kappa shape index (κ2) is 4.88. The molecule has 0 aliphatic rings. The van der Waals surface area contributed by atoms with Gasteiger partial charge in [0.15, 0.2) is 5.78 Å². The second-order valence-corrected chi connectivity index (χ2v) is 5.23. The number of carbonyl (C=O) groups is 1. The van der Waals surface area contributed by atoms with Gasteiger partial charge >= 0.3 is 0 Å². The van der Waals surface area contributed by atoms with Gasteiger partial charge < -0.3 is 10.5 Å². The van der Waals surface area contributed by atoms with Crippen LogP contribution in [-0.2, 0) is 0 Å². The van der Waals surface area contributed by atoms with Gasteiger partial charge in [-0.2, -0.15) is 0 Å². The third-order valence-corrected chi connectivity index (χ3v) is 2.73. The number of benzene rings is 1. The molecule has 17 heavy (non-hydrogen) atoms. The molecule has 0 radical (unpaired) electrons. The van der Waals surface area contributed by atoms with Gasteiger partial charge in [0.1, 0.15) is 5.75 Å². The molecule has 0 aromatic heterocycles. The average Bonchev–Trinajstić information content (AvgIpc) is 2.18. The van der Waals surface area contributed by atoms with E-state index in [-0.39, 0.29) is 5.78 Å². The normalized spacial score (nSPS) is 11.4. The Balaban J connectivity index is 3.12. The van der Waals surface area contributed by atoms with Crippen LogP contribution in [0.2, 0.25) is 0 Å². The molecule has 0 heterocycles. The highest BCUT2D eigenvalue weighted by molar-refractivity contribution is 5.99. The number of rotatable bonds is 4. The summed E-state index contributed by atoms with van der Waals surface area (Å²) >= 11 is 0. The largest absolute Gasteiger partial charge is 0.496 e. The predicted molar refractivity (Wildman–Crippen MR) is 69.7 cm³/mol. The third kappa shape index (κ3) is 3.56. The summed E-state index contributed by atoms with van der Waals surface area (Å²) < 4.78 is 5.26. The lowest BCUT2D eigenvalue weighted by Gasteiger charge is -2.18. The molecule has 0 fully saturated rings. The number of aryl methyl sites for hydroxylation is 2. The van der Waals surface area contributed by atoms with Crippen LogP contribution in [0.3, 0.4) is 0 Å². The number of ether oxygens (including phenoxy) is 1. The minimum Gasteiger partial charge on any atom is -0.496 e. The van der Waals surface area contributed by atoms with Crippen molar-refractivity contribution in [3.8, 4) is 5.75 Å². The Bertz CT molecular complexity index is 431. The van der Waals surface area contributed by atoms with E-state index in [2.05, 4.69) is 0 Å². The minimum atomic E-state index is -0.499. The molecule has 0 saturated carbocycles. The van der Waals surface area contributed by atoms with Crippen LogP contribution in [0.25, 0.3) is 0 Å². The lowest BCUT2D eigenvalue weighted by Crippen LogP contribution is -2.34. The number of carbonyl (C=O) groups excluding carboxylic acids is 1. The molecule has 0 unspecified atom stereocenters. The van der Waals surface area contributed by atoms with Gasteiger partial charge in [0.05, 0.1) is 12.7 Å². The van der Waals surface area contributed by atoms with Gasteiger partial charge in [0, 0.05) is 12.0 Å². The molecule has 0 bridgehead atoms. The standard InChI is InChI=1S/C14H21NO2/c1-9-6-11(12(16)8-14(3,4)15)13(17-5)7-10(9)2/h6-7H,8,15H2,1-5H3. The fourth-order valence-corrected chi connectivity index (χ4v) is 1.69. The fourth-order valence-electron chi connectivity index (χ4n) is 1.69. The number of methoxy groups -OCH3 is 1. The summed E-state index contributed by atoms with van der Waals surface area (Å²) in [4.78, 5) is 12.1. The highest BCUT2D eigenvalue weighted by Crippen LogP contribution is 2.25. The molecule has 1 rings (SSSR count). The van der Waals surface area contributed by atoms with Crippen LogP contribution in [0, 0.1) is 13.8 Å². The highest BCUT2D eigenvalue weighted by atomic mass is 16.5. The first-order valence-electron chi connectivity index (χ1n) is 5.72. The molecule has 1 aromatic carbocycles.